The van der Waals surface area contributed by atoms with Gasteiger partial charge in [-0.25, -0.2) is 8.78 Å². The van der Waals surface area contributed by atoms with Gasteiger partial charge in [0.2, 0.25) is 0 Å². The largest absolute Gasteiger partial charge is 0.398 e. The molecule has 88 valence electrons. The average Bonchev–Trinajstić information content (AvgIpc) is 2.23. The molecule has 0 unspecified atom stereocenters. The Morgan fingerprint density at radius 1 is 1.44 bits per heavy atom. The van der Waals surface area contributed by atoms with Gasteiger partial charge in [0.25, 0.3) is 5.91 Å². The van der Waals surface area contributed by atoms with Gasteiger partial charge in [0.1, 0.15) is 0 Å². The molecular formula is C10H12F2N2OS. The second-order valence-electron chi connectivity index (χ2n) is 3.10. The van der Waals surface area contributed by atoms with E-state index in [0.717, 1.165) is 17.9 Å². The molecule has 0 heterocycles. The van der Waals surface area contributed by atoms with Crippen LogP contribution in [-0.2, 0) is 0 Å². The summed E-state index contributed by atoms with van der Waals surface area (Å²) in [6.45, 7) is 0.457. The van der Waals surface area contributed by atoms with Crippen molar-refractivity contribution in [3.8, 4) is 0 Å². The highest BCUT2D eigenvalue weighted by atomic mass is 32.2. The SMILES string of the molecule is CSCCNC(=O)c1cc(F)c(F)cc1N. The van der Waals surface area contributed by atoms with Crippen LogP contribution >= 0.6 is 11.8 Å². The average molecular weight is 246 g/mol. The summed E-state index contributed by atoms with van der Waals surface area (Å²) < 4.78 is 25.6. The van der Waals surface area contributed by atoms with Crippen LogP contribution in [-0.4, -0.2) is 24.5 Å². The highest BCUT2D eigenvalue weighted by Gasteiger charge is 2.13. The molecule has 16 heavy (non-hydrogen) atoms. The molecule has 0 saturated heterocycles. The van der Waals surface area contributed by atoms with Gasteiger partial charge >= 0.3 is 0 Å². The van der Waals surface area contributed by atoms with Crippen LogP contribution in [0.15, 0.2) is 12.1 Å². The van der Waals surface area contributed by atoms with E-state index >= 15 is 0 Å². The van der Waals surface area contributed by atoms with Crippen molar-refractivity contribution >= 4 is 23.4 Å². The van der Waals surface area contributed by atoms with E-state index in [0.29, 0.717) is 6.54 Å². The van der Waals surface area contributed by atoms with Crippen molar-refractivity contribution < 1.29 is 13.6 Å². The summed E-state index contributed by atoms with van der Waals surface area (Å²) in [6, 6.07) is 1.61. The number of rotatable bonds is 4. The number of halogens is 2. The van der Waals surface area contributed by atoms with Crippen molar-refractivity contribution in [2.75, 3.05) is 24.3 Å². The highest BCUT2D eigenvalue weighted by Crippen LogP contribution is 2.16. The fourth-order valence-corrected chi connectivity index (χ4v) is 1.43. The third kappa shape index (κ3) is 3.10. The lowest BCUT2D eigenvalue weighted by atomic mass is 10.1. The Kier molecular flexibility index (Phi) is 4.54. The summed E-state index contributed by atoms with van der Waals surface area (Å²) >= 11 is 1.57. The summed E-state index contributed by atoms with van der Waals surface area (Å²) in [5, 5.41) is 2.56. The van der Waals surface area contributed by atoms with Crippen LogP contribution in [0.2, 0.25) is 0 Å². The molecule has 1 amide bonds. The number of amides is 1. The molecule has 0 fully saturated rings. The Labute approximate surface area is 96.4 Å². The molecule has 1 rings (SSSR count). The van der Waals surface area contributed by atoms with E-state index < -0.39 is 17.5 Å². The molecule has 3 nitrogen and oxygen atoms in total. The number of benzene rings is 1. The summed E-state index contributed by atoms with van der Waals surface area (Å²) in [6.07, 6.45) is 1.90. The Morgan fingerprint density at radius 2 is 2.06 bits per heavy atom. The van der Waals surface area contributed by atoms with Crippen LogP contribution in [0, 0.1) is 11.6 Å². The summed E-state index contributed by atoms with van der Waals surface area (Å²) in [4.78, 5) is 11.5. The minimum Gasteiger partial charge on any atom is -0.398 e. The van der Waals surface area contributed by atoms with Crippen LogP contribution in [0.4, 0.5) is 14.5 Å². The van der Waals surface area contributed by atoms with E-state index in [2.05, 4.69) is 5.32 Å². The molecule has 1 aromatic carbocycles. The zero-order valence-electron chi connectivity index (χ0n) is 8.72. The number of anilines is 1. The predicted octanol–water partition coefficient (Wildman–Crippen LogP) is 1.64. The van der Waals surface area contributed by atoms with Crippen LogP contribution < -0.4 is 11.1 Å². The van der Waals surface area contributed by atoms with Crippen molar-refractivity contribution in [3.63, 3.8) is 0 Å². The quantitative estimate of drug-likeness (QED) is 0.627. The zero-order chi connectivity index (χ0) is 12.1. The Balaban J connectivity index is 2.79. The molecule has 1 aromatic rings. The van der Waals surface area contributed by atoms with Crippen LogP contribution in [0.25, 0.3) is 0 Å². The van der Waals surface area contributed by atoms with Gasteiger partial charge in [-0.15, -0.1) is 0 Å². The maximum absolute atomic E-state index is 12.9. The van der Waals surface area contributed by atoms with Crippen molar-refractivity contribution in [3.05, 3.63) is 29.3 Å². The van der Waals surface area contributed by atoms with Crippen molar-refractivity contribution in [1.29, 1.82) is 0 Å². The van der Waals surface area contributed by atoms with E-state index in [4.69, 9.17) is 5.73 Å². The molecule has 0 radical (unpaired) electrons. The van der Waals surface area contributed by atoms with Gasteiger partial charge in [-0.2, -0.15) is 11.8 Å². The van der Waals surface area contributed by atoms with Crippen LogP contribution in [0.3, 0.4) is 0 Å². The molecule has 0 aliphatic carbocycles. The topological polar surface area (TPSA) is 55.1 Å². The lowest BCUT2D eigenvalue weighted by Gasteiger charge is -2.07. The molecule has 0 spiro atoms. The van der Waals surface area contributed by atoms with E-state index in [1.807, 2.05) is 6.26 Å². The summed E-state index contributed by atoms with van der Waals surface area (Å²) in [5.74, 6) is -1.89. The Hall–Kier alpha value is -1.30. The number of carbonyl (C=O) groups excluding carboxylic acids is 1. The first kappa shape index (κ1) is 12.8. The number of hydrogen-bond acceptors (Lipinski definition) is 3. The lowest BCUT2D eigenvalue weighted by Crippen LogP contribution is -2.26. The van der Waals surface area contributed by atoms with E-state index in [1.165, 1.54) is 0 Å². The molecule has 0 atom stereocenters. The van der Waals surface area contributed by atoms with Gasteiger partial charge < -0.3 is 11.1 Å². The second kappa shape index (κ2) is 5.69. The van der Waals surface area contributed by atoms with Gasteiger partial charge in [-0.05, 0) is 12.3 Å². The van der Waals surface area contributed by atoms with E-state index in [9.17, 15) is 13.6 Å². The Morgan fingerprint density at radius 3 is 2.69 bits per heavy atom. The van der Waals surface area contributed by atoms with Crippen LogP contribution in [0.1, 0.15) is 10.4 Å². The zero-order valence-corrected chi connectivity index (χ0v) is 9.54. The maximum atomic E-state index is 12.9. The van der Waals surface area contributed by atoms with Crippen molar-refractivity contribution in [1.82, 2.24) is 5.32 Å². The molecule has 0 aliphatic heterocycles. The Bertz CT molecular complexity index is 399. The van der Waals surface area contributed by atoms with Gasteiger partial charge in [0.15, 0.2) is 11.6 Å². The smallest absolute Gasteiger partial charge is 0.253 e. The number of carbonyl (C=O) groups is 1. The second-order valence-corrected chi connectivity index (χ2v) is 4.09. The molecule has 3 N–H and O–H groups in total. The van der Waals surface area contributed by atoms with Gasteiger partial charge in [0.05, 0.1) is 5.56 Å². The minimum absolute atomic E-state index is 0.0417. The predicted molar refractivity (Wildman–Crippen MR) is 61.5 cm³/mol. The third-order valence-corrected chi connectivity index (χ3v) is 2.54. The summed E-state index contributed by atoms with van der Waals surface area (Å²) in [5.41, 5.74) is 5.31. The van der Waals surface area contributed by atoms with E-state index in [-0.39, 0.29) is 11.3 Å². The van der Waals surface area contributed by atoms with Crippen molar-refractivity contribution in [2.24, 2.45) is 0 Å². The van der Waals surface area contributed by atoms with Gasteiger partial charge in [-0.3, -0.25) is 4.79 Å². The number of nitrogens with two attached hydrogens (primary N) is 1. The minimum atomic E-state index is -1.08. The molecule has 0 aromatic heterocycles. The monoisotopic (exact) mass is 246 g/mol. The number of nitrogens with one attached hydrogen (secondary N) is 1. The van der Waals surface area contributed by atoms with Crippen LogP contribution in [0.5, 0.6) is 0 Å². The standard InChI is InChI=1S/C10H12F2N2OS/c1-16-3-2-14-10(15)6-4-7(11)8(12)5-9(6)13/h4-5H,2-3,13H2,1H3,(H,14,15). The first-order chi connectivity index (χ1) is 7.56. The summed E-state index contributed by atoms with van der Waals surface area (Å²) in [7, 11) is 0. The molecular weight excluding hydrogens is 234 g/mol. The van der Waals surface area contributed by atoms with Gasteiger partial charge in [-0.1, -0.05) is 0 Å². The molecule has 0 bridgehead atoms. The van der Waals surface area contributed by atoms with Gasteiger partial charge in [0, 0.05) is 24.1 Å². The van der Waals surface area contributed by atoms with Crippen molar-refractivity contribution in [2.45, 2.75) is 0 Å². The fraction of sp³-hybridized carbons (Fsp3) is 0.300. The first-order valence-corrected chi connectivity index (χ1v) is 5.97. The number of hydrogen-bond donors (Lipinski definition) is 2. The third-order valence-electron chi connectivity index (χ3n) is 1.93. The van der Waals surface area contributed by atoms with E-state index in [1.54, 1.807) is 11.8 Å². The molecule has 0 saturated carbocycles. The maximum Gasteiger partial charge on any atom is 0.253 e. The number of thioether (sulfide) groups is 1. The molecule has 0 aliphatic rings. The normalized spacial score (nSPS) is 10.2. The first-order valence-electron chi connectivity index (χ1n) is 4.58. The highest BCUT2D eigenvalue weighted by molar-refractivity contribution is 7.98. The lowest BCUT2D eigenvalue weighted by molar-refractivity contribution is 0.0956. The molecule has 6 heteroatoms. The number of nitrogen functional groups attached to an aromatic ring is 1. The fourth-order valence-electron chi connectivity index (χ4n) is 1.12.